The number of methoxy groups -OCH3 is 1. The summed E-state index contributed by atoms with van der Waals surface area (Å²) in [5, 5.41) is 12.0. The summed E-state index contributed by atoms with van der Waals surface area (Å²) in [5.41, 5.74) is 0.581. The van der Waals surface area contributed by atoms with E-state index in [0.29, 0.717) is 17.5 Å². The van der Waals surface area contributed by atoms with Crippen LogP contribution in [-0.2, 0) is 9.53 Å². The van der Waals surface area contributed by atoms with Crippen LogP contribution in [0, 0.1) is 23.2 Å². The summed E-state index contributed by atoms with van der Waals surface area (Å²) in [6, 6.07) is 8.50. The standard InChI is InChI=1S/C19H23N3O3/c1-13-8-14(2)11-22(10-13)12-15(9-20)18(23)21-17-7-5-4-6-16(17)19(24)25-3/h4-7,12-14H,8,10-11H2,1-3H3,(H,21,23)/b15-12-. The Bertz CT molecular complexity index is 711. The van der Waals surface area contributed by atoms with Gasteiger partial charge in [-0.3, -0.25) is 4.79 Å². The number of likely N-dealkylation sites (tertiary alicyclic amines) is 1. The Morgan fingerprint density at radius 1 is 1.28 bits per heavy atom. The molecule has 0 saturated carbocycles. The molecule has 1 fully saturated rings. The highest BCUT2D eigenvalue weighted by molar-refractivity contribution is 6.09. The van der Waals surface area contributed by atoms with E-state index in [2.05, 4.69) is 19.2 Å². The lowest BCUT2D eigenvalue weighted by Gasteiger charge is -2.34. The quantitative estimate of drug-likeness (QED) is 0.517. The van der Waals surface area contributed by atoms with Gasteiger partial charge in [0.05, 0.1) is 18.4 Å². The number of benzene rings is 1. The van der Waals surface area contributed by atoms with Crippen LogP contribution < -0.4 is 5.32 Å². The van der Waals surface area contributed by atoms with Crippen molar-refractivity contribution >= 4 is 17.6 Å². The zero-order valence-corrected chi connectivity index (χ0v) is 14.8. The first-order chi connectivity index (χ1) is 11.9. The minimum Gasteiger partial charge on any atom is -0.465 e. The lowest BCUT2D eigenvalue weighted by Crippen LogP contribution is -2.35. The van der Waals surface area contributed by atoms with Crippen molar-refractivity contribution in [3.63, 3.8) is 0 Å². The summed E-state index contributed by atoms with van der Waals surface area (Å²) in [6.45, 7) is 5.97. The molecule has 1 aromatic rings. The fourth-order valence-electron chi connectivity index (χ4n) is 3.21. The fourth-order valence-corrected chi connectivity index (χ4v) is 3.21. The first-order valence-corrected chi connectivity index (χ1v) is 8.29. The molecule has 1 aliphatic rings. The highest BCUT2D eigenvalue weighted by Crippen LogP contribution is 2.22. The number of nitrogens with zero attached hydrogens (tertiary/aromatic N) is 2. The van der Waals surface area contributed by atoms with Crippen LogP contribution in [0.3, 0.4) is 0 Å². The molecule has 2 unspecified atom stereocenters. The molecule has 1 aromatic carbocycles. The molecule has 6 heteroatoms. The van der Waals surface area contributed by atoms with Crippen LogP contribution >= 0.6 is 0 Å². The smallest absolute Gasteiger partial charge is 0.339 e. The normalized spacial score (nSPS) is 20.6. The van der Waals surface area contributed by atoms with Crippen LogP contribution in [0.5, 0.6) is 0 Å². The van der Waals surface area contributed by atoms with E-state index in [1.54, 1.807) is 30.5 Å². The third-order valence-electron chi connectivity index (χ3n) is 4.15. The Labute approximate surface area is 148 Å². The molecular weight excluding hydrogens is 318 g/mol. The Morgan fingerprint density at radius 3 is 2.52 bits per heavy atom. The number of nitrogens with one attached hydrogen (secondary N) is 1. The Hall–Kier alpha value is -2.81. The van der Waals surface area contributed by atoms with Crippen molar-refractivity contribution in [1.82, 2.24) is 4.90 Å². The SMILES string of the molecule is COC(=O)c1ccccc1NC(=O)/C(C#N)=C\N1CC(C)CC(C)C1. The van der Waals surface area contributed by atoms with Gasteiger partial charge < -0.3 is 15.0 Å². The summed E-state index contributed by atoms with van der Waals surface area (Å²) in [5.74, 6) is -0.0482. The second kappa shape index (κ2) is 8.34. The third-order valence-corrected chi connectivity index (χ3v) is 4.15. The van der Waals surface area contributed by atoms with Gasteiger partial charge in [-0.05, 0) is 30.4 Å². The molecule has 2 rings (SSSR count). The van der Waals surface area contributed by atoms with E-state index in [9.17, 15) is 14.9 Å². The monoisotopic (exact) mass is 341 g/mol. The molecule has 25 heavy (non-hydrogen) atoms. The zero-order valence-electron chi connectivity index (χ0n) is 14.8. The van der Waals surface area contributed by atoms with Gasteiger partial charge in [0.15, 0.2) is 0 Å². The molecule has 0 bridgehead atoms. The van der Waals surface area contributed by atoms with E-state index in [1.165, 1.54) is 7.11 Å². The second-order valence-electron chi connectivity index (χ2n) is 6.55. The number of rotatable bonds is 4. The van der Waals surface area contributed by atoms with Crippen LogP contribution in [0.1, 0.15) is 30.6 Å². The molecule has 1 heterocycles. The van der Waals surface area contributed by atoms with Crippen molar-refractivity contribution in [2.45, 2.75) is 20.3 Å². The topological polar surface area (TPSA) is 82.4 Å². The van der Waals surface area contributed by atoms with E-state index in [0.717, 1.165) is 19.5 Å². The molecular formula is C19H23N3O3. The third kappa shape index (κ3) is 4.83. The van der Waals surface area contributed by atoms with Crippen molar-refractivity contribution in [3.8, 4) is 6.07 Å². The number of piperidine rings is 1. The van der Waals surface area contributed by atoms with E-state index < -0.39 is 11.9 Å². The molecule has 0 aliphatic carbocycles. The summed E-state index contributed by atoms with van der Waals surface area (Å²) in [4.78, 5) is 26.3. The van der Waals surface area contributed by atoms with Gasteiger partial charge >= 0.3 is 5.97 Å². The van der Waals surface area contributed by atoms with Crippen LogP contribution in [0.15, 0.2) is 36.0 Å². The molecule has 132 valence electrons. The number of carbonyl (C=O) groups is 2. The number of para-hydroxylation sites is 1. The number of amides is 1. The van der Waals surface area contributed by atoms with E-state index in [1.807, 2.05) is 11.0 Å². The van der Waals surface area contributed by atoms with Crippen molar-refractivity contribution < 1.29 is 14.3 Å². The van der Waals surface area contributed by atoms with Crippen LogP contribution in [0.25, 0.3) is 0 Å². The molecule has 0 radical (unpaired) electrons. The highest BCUT2D eigenvalue weighted by Gasteiger charge is 2.22. The van der Waals surface area contributed by atoms with Crippen LogP contribution in [0.4, 0.5) is 5.69 Å². The molecule has 2 atom stereocenters. The lowest BCUT2D eigenvalue weighted by molar-refractivity contribution is -0.112. The average Bonchev–Trinajstić information content (AvgIpc) is 2.58. The van der Waals surface area contributed by atoms with Gasteiger partial charge in [0.25, 0.3) is 5.91 Å². The average molecular weight is 341 g/mol. The lowest BCUT2D eigenvalue weighted by atomic mass is 9.92. The zero-order chi connectivity index (χ0) is 18.4. The number of hydrogen-bond acceptors (Lipinski definition) is 5. The summed E-state index contributed by atoms with van der Waals surface area (Å²) >= 11 is 0. The van der Waals surface area contributed by atoms with Gasteiger partial charge in [-0.2, -0.15) is 5.26 Å². The molecule has 0 spiro atoms. The van der Waals surface area contributed by atoms with E-state index in [-0.39, 0.29) is 11.1 Å². The number of ether oxygens (including phenoxy) is 1. The van der Waals surface area contributed by atoms with Crippen molar-refractivity contribution in [2.24, 2.45) is 11.8 Å². The molecule has 1 N–H and O–H groups in total. The largest absolute Gasteiger partial charge is 0.465 e. The molecule has 1 saturated heterocycles. The number of nitriles is 1. The van der Waals surface area contributed by atoms with Crippen molar-refractivity contribution in [1.29, 1.82) is 5.26 Å². The Morgan fingerprint density at radius 2 is 1.92 bits per heavy atom. The maximum absolute atomic E-state index is 12.5. The summed E-state index contributed by atoms with van der Waals surface area (Å²) in [6.07, 6.45) is 2.76. The maximum Gasteiger partial charge on any atom is 0.339 e. The van der Waals surface area contributed by atoms with Crippen molar-refractivity contribution in [2.75, 3.05) is 25.5 Å². The van der Waals surface area contributed by atoms with Gasteiger partial charge in [0.1, 0.15) is 11.6 Å². The van der Waals surface area contributed by atoms with Gasteiger partial charge in [-0.15, -0.1) is 0 Å². The van der Waals surface area contributed by atoms with Gasteiger partial charge in [-0.25, -0.2) is 4.79 Å². The summed E-state index contributed by atoms with van der Waals surface area (Å²) < 4.78 is 4.71. The van der Waals surface area contributed by atoms with Gasteiger partial charge in [0.2, 0.25) is 0 Å². The number of carbonyl (C=O) groups excluding carboxylic acids is 2. The fraction of sp³-hybridized carbons (Fsp3) is 0.421. The van der Waals surface area contributed by atoms with Crippen molar-refractivity contribution in [3.05, 3.63) is 41.6 Å². The molecule has 6 nitrogen and oxygen atoms in total. The minimum atomic E-state index is -0.544. The highest BCUT2D eigenvalue weighted by atomic mass is 16.5. The first kappa shape index (κ1) is 18.5. The van der Waals surface area contributed by atoms with E-state index >= 15 is 0 Å². The predicted octanol–water partition coefficient (Wildman–Crippen LogP) is 2.80. The van der Waals surface area contributed by atoms with E-state index in [4.69, 9.17) is 4.74 Å². The molecule has 1 amide bonds. The van der Waals surface area contributed by atoms with Gasteiger partial charge in [-0.1, -0.05) is 26.0 Å². The Balaban J connectivity index is 2.17. The summed E-state index contributed by atoms with van der Waals surface area (Å²) in [7, 11) is 1.28. The predicted molar refractivity (Wildman–Crippen MR) is 94.6 cm³/mol. The number of esters is 1. The molecule has 1 aliphatic heterocycles. The second-order valence-corrected chi connectivity index (χ2v) is 6.55. The number of anilines is 1. The van der Waals surface area contributed by atoms with Crippen LogP contribution in [0.2, 0.25) is 0 Å². The maximum atomic E-state index is 12.5. The Kier molecular flexibility index (Phi) is 6.18. The van der Waals surface area contributed by atoms with Crippen LogP contribution in [-0.4, -0.2) is 37.0 Å². The minimum absolute atomic E-state index is 0.0148. The van der Waals surface area contributed by atoms with Gasteiger partial charge in [0, 0.05) is 19.3 Å². The first-order valence-electron chi connectivity index (χ1n) is 8.29. The molecule has 0 aromatic heterocycles. The number of hydrogen-bond donors (Lipinski definition) is 1.